The summed E-state index contributed by atoms with van der Waals surface area (Å²) in [7, 11) is 0. The summed E-state index contributed by atoms with van der Waals surface area (Å²) in [6, 6.07) is 8.09. The molecular weight excluding hydrogens is 371 g/mol. The third-order valence-corrected chi connectivity index (χ3v) is 4.30. The highest BCUT2D eigenvalue weighted by Crippen LogP contribution is 2.33. The lowest BCUT2D eigenvalue weighted by atomic mass is 9.86. The summed E-state index contributed by atoms with van der Waals surface area (Å²) in [6.07, 6.45) is -3.62. The Bertz CT molecular complexity index is 1020. The molecular formula is C20H20F3N3O2. The summed E-state index contributed by atoms with van der Waals surface area (Å²) in [5.74, 6) is -0.765. The second-order valence-corrected chi connectivity index (χ2v) is 7.37. The lowest BCUT2D eigenvalue weighted by Gasteiger charge is -2.19. The van der Waals surface area contributed by atoms with Crippen LogP contribution in [-0.4, -0.2) is 27.2 Å². The van der Waals surface area contributed by atoms with E-state index in [1.165, 1.54) is 0 Å². The fourth-order valence-corrected chi connectivity index (χ4v) is 2.81. The zero-order valence-electron chi connectivity index (χ0n) is 16.0. The van der Waals surface area contributed by atoms with E-state index in [0.717, 1.165) is 17.8 Å². The van der Waals surface area contributed by atoms with E-state index in [1.807, 2.05) is 32.9 Å². The molecule has 0 unspecified atom stereocenters. The van der Waals surface area contributed by atoms with E-state index >= 15 is 0 Å². The first-order valence-corrected chi connectivity index (χ1v) is 8.76. The molecule has 0 amide bonds. The number of carbonyl (C=O) groups excluding carboxylic acids is 1. The lowest BCUT2D eigenvalue weighted by Crippen LogP contribution is -2.14. The minimum Gasteiger partial charge on any atom is -0.462 e. The van der Waals surface area contributed by atoms with E-state index < -0.39 is 17.8 Å². The number of hydrogen-bond donors (Lipinski definition) is 0. The van der Waals surface area contributed by atoms with Gasteiger partial charge in [0.2, 0.25) is 0 Å². The van der Waals surface area contributed by atoms with E-state index in [-0.39, 0.29) is 28.9 Å². The fourth-order valence-electron chi connectivity index (χ4n) is 2.81. The molecule has 1 aromatic carbocycles. The zero-order chi connectivity index (χ0) is 20.7. The van der Waals surface area contributed by atoms with Gasteiger partial charge in [-0.3, -0.25) is 0 Å². The number of nitrogens with zero attached hydrogens (tertiary/aromatic N) is 3. The van der Waals surface area contributed by atoms with Crippen LogP contribution in [0.4, 0.5) is 13.2 Å². The summed E-state index contributed by atoms with van der Waals surface area (Å²) in [5, 5.41) is 3.70. The van der Waals surface area contributed by atoms with Crippen LogP contribution in [0.1, 0.15) is 49.3 Å². The Balaban J connectivity index is 2.20. The highest BCUT2D eigenvalue weighted by atomic mass is 19.4. The van der Waals surface area contributed by atoms with Crippen LogP contribution in [0.5, 0.6) is 0 Å². The summed E-state index contributed by atoms with van der Waals surface area (Å²) >= 11 is 0. The topological polar surface area (TPSA) is 56.5 Å². The Morgan fingerprint density at radius 1 is 1.14 bits per heavy atom. The van der Waals surface area contributed by atoms with Gasteiger partial charge in [-0.1, -0.05) is 45.0 Å². The Hall–Kier alpha value is -2.90. The highest BCUT2D eigenvalue weighted by Gasteiger charge is 2.36. The summed E-state index contributed by atoms with van der Waals surface area (Å²) in [6.45, 7) is 7.85. The monoisotopic (exact) mass is 391 g/mol. The molecule has 5 nitrogen and oxygen atoms in total. The summed E-state index contributed by atoms with van der Waals surface area (Å²) in [5.41, 5.74) is 0.259. The van der Waals surface area contributed by atoms with E-state index in [1.54, 1.807) is 19.1 Å². The molecule has 148 valence electrons. The number of ether oxygens (including phenoxy) is 1. The first kappa shape index (κ1) is 19.9. The minimum absolute atomic E-state index is 0.0877. The number of fused-ring (bicyclic) bond motifs is 1. The van der Waals surface area contributed by atoms with Crippen LogP contribution in [0.15, 0.2) is 36.5 Å². The molecule has 2 heterocycles. The lowest BCUT2D eigenvalue weighted by molar-refractivity contribution is -0.142. The summed E-state index contributed by atoms with van der Waals surface area (Å²) in [4.78, 5) is 16.4. The predicted octanol–water partition coefficient (Wildman–Crippen LogP) is 4.89. The molecule has 2 aromatic heterocycles. The molecule has 3 aromatic rings. The number of alkyl halides is 3. The average molecular weight is 391 g/mol. The first-order valence-electron chi connectivity index (χ1n) is 8.76. The maximum absolute atomic E-state index is 13.6. The Labute approximate surface area is 160 Å². The van der Waals surface area contributed by atoms with Gasteiger partial charge in [0.25, 0.3) is 0 Å². The van der Waals surface area contributed by atoms with Crippen LogP contribution < -0.4 is 0 Å². The molecule has 0 radical (unpaired) electrons. The molecule has 3 rings (SSSR count). The third kappa shape index (κ3) is 3.72. The van der Waals surface area contributed by atoms with Gasteiger partial charge >= 0.3 is 12.1 Å². The van der Waals surface area contributed by atoms with Gasteiger partial charge in [0.1, 0.15) is 5.56 Å². The van der Waals surface area contributed by atoms with Crippen molar-refractivity contribution in [2.75, 3.05) is 6.61 Å². The standard InChI is InChI=1S/C20H20F3N3O2/c1-5-28-18(27)14-11-24-26-16(20(21,22)23)10-15(25-17(14)26)12-6-8-13(9-7-12)19(2,3)4/h6-11H,5H2,1-4H3. The van der Waals surface area contributed by atoms with Gasteiger partial charge in [-0.25, -0.2) is 14.3 Å². The van der Waals surface area contributed by atoms with Crippen LogP contribution in [0.25, 0.3) is 16.9 Å². The predicted molar refractivity (Wildman–Crippen MR) is 98.1 cm³/mol. The summed E-state index contributed by atoms with van der Waals surface area (Å²) < 4.78 is 46.3. The molecule has 0 saturated carbocycles. The maximum atomic E-state index is 13.6. The molecule has 0 atom stereocenters. The molecule has 0 fully saturated rings. The van der Waals surface area contributed by atoms with Crippen molar-refractivity contribution in [3.05, 3.63) is 53.3 Å². The van der Waals surface area contributed by atoms with Gasteiger partial charge in [0.05, 0.1) is 18.5 Å². The number of halogens is 3. The molecule has 0 bridgehead atoms. The van der Waals surface area contributed by atoms with E-state index in [9.17, 15) is 18.0 Å². The molecule has 0 aliphatic heterocycles. The van der Waals surface area contributed by atoms with Gasteiger partial charge in [0.15, 0.2) is 11.3 Å². The molecule has 0 aliphatic carbocycles. The van der Waals surface area contributed by atoms with Gasteiger partial charge in [-0.2, -0.15) is 18.3 Å². The van der Waals surface area contributed by atoms with E-state index in [0.29, 0.717) is 10.1 Å². The van der Waals surface area contributed by atoms with Crippen LogP contribution in [-0.2, 0) is 16.3 Å². The highest BCUT2D eigenvalue weighted by molar-refractivity contribution is 5.96. The van der Waals surface area contributed by atoms with Crippen molar-refractivity contribution >= 4 is 11.6 Å². The number of hydrogen-bond acceptors (Lipinski definition) is 4. The van der Waals surface area contributed by atoms with E-state index in [2.05, 4.69) is 10.1 Å². The fraction of sp³-hybridized carbons (Fsp3) is 0.350. The van der Waals surface area contributed by atoms with Crippen LogP contribution in [0.2, 0.25) is 0 Å². The van der Waals surface area contributed by atoms with Gasteiger partial charge in [-0.15, -0.1) is 0 Å². The number of carbonyl (C=O) groups is 1. The van der Waals surface area contributed by atoms with Crippen molar-refractivity contribution in [1.82, 2.24) is 14.6 Å². The van der Waals surface area contributed by atoms with Gasteiger partial charge in [0, 0.05) is 5.56 Å². The smallest absolute Gasteiger partial charge is 0.433 e. The van der Waals surface area contributed by atoms with Crippen molar-refractivity contribution in [2.45, 2.75) is 39.3 Å². The SMILES string of the molecule is CCOC(=O)c1cnn2c(C(F)(F)F)cc(-c3ccc(C(C)(C)C)cc3)nc12. The molecule has 0 aliphatic rings. The minimum atomic E-state index is -4.67. The van der Waals surface area contributed by atoms with Crippen molar-refractivity contribution in [3.63, 3.8) is 0 Å². The first-order chi connectivity index (χ1) is 13.0. The maximum Gasteiger partial charge on any atom is 0.433 e. The second-order valence-electron chi connectivity index (χ2n) is 7.37. The van der Waals surface area contributed by atoms with E-state index in [4.69, 9.17) is 4.74 Å². The molecule has 8 heteroatoms. The van der Waals surface area contributed by atoms with Crippen molar-refractivity contribution < 1.29 is 22.7 Å². The number of aromatic nitrogens is 3. The number of esters is 1. The van der Waals surface area contributed by atoms with Crippen molar-refractivity contribution in [1.29, 1.82) is 0 Å². The van der Waals surface area contributed by atoms with Crippen LogP contribution >= 0.6 is 0 Å². The van der Waals surface area contributed by atoms with Crippen LogP contribution in [0, 0.1) is 0 Å². The second kappa shape index (κ2) is 6.92. The Morgan fingerprint density at radius 3 is 2.32 bits per heavy atom. The average Bonchev–Trinajstić information content (AvgIpc) is 3.03. The number of benzene rings is 1. The molecule has 28 heavy (non-hydrogen) atoms. The normalized spacial score (nSPS) is 12.4. The van der Waals surface area contributed by atoms with Crippen LogP contribution in [0.3, 0.4) is 0 Å². The largest absolute Gasteiger partial charge is 0.462 e. The van der Waals surface area contributed by atoms with Crippen molar-refractivity contribution in [3.8, 4) is 11.3 Å². The third-order valence-electron chi connectivity index (χ3n) is 4.30. The Morgan fingerprint density at radius 2 is 1.79 bits per heavy atom. The van der Waals surface area contributed by atoms with Gasteiger partial charge < -0.3 is 4.74 Å². The molecule has 0 saturated heterocycles. The zero-order valence-corrected chi connectivity index (χ0v) is 16.0. The number of rotatable bonds is 3. The molecule has 0 spiro atoms. The quantitative estimate of drug-likeness (QED) is 0.597. The molecule has 0 N–H and O–H groups in total. The van der Waals surface area contributed by atoms with Gasteiger partial charge in [-0.05, 0) is 24.0 Å². The Kier molecular flexibility index (Phi) is 4.91. The van der Waals surface area contributed by atoms with Crippen molar-refractivity contribution in [2.24, 2.45) is 0 Å².